The van der Waals surface area contributed by atoms with Crippen molar-refractivity contribution in [2.75, 3.05) is 13.1 Å². The Labute approximate surface area is 247 Å². The lowest BCUT2D eigenvalue weighted by Gasteiger charge is -2.08. The van der Waals surface area contributed by atoms with Crippen molar-refractivity contribution in [2.45, 2.75) is 141 Å². The molecule has 0 aliphatic rings. The number of hydrogen-bond donors (Lipinski definition) is 2. The van der Waals surface area contributed by atoms with Crippen molar-refractivity contribution in [3.63, 3.8) is 0 Å². The molecule has 3 nitrogen and oxygen atoms in total. The lowest BCUT2D eigenvalue weighted by atomic mass is 10.0. The fraction of sp³-hybridized carbons (Fsp3) is 0.649. The molecule has 0 fully saturated rings. The molecular weight excluding hydrogens is 488 g/mol. The second-order valence-electron chi connectivity index (χ2n) is 11.7. The van der Waals surface area contributed by atoms with Crippen LogP contribution < -0.4 is 10.6 Å². The van der Waals surface area contributed by atoms with Gasteiger partial charge in [0.15, 0.2) is 0 Å². The van der Waals surface area contributed by atoms with Gasteiger partial charge in [-0.05, 0) is 49.7 Å². The van der Waals surface area contributed by atoms with Crippen LogP contribution in [0.15, 0.2) is 60.7 Å². The lowest BCUT2D eigenvalue weighted by Crippen LogP contribution is -2.36. The van der Waals surface area contributed by atoms with Crippen molar-refractivity contribution >= 4 is 6.03 Å². The van der Waals surface area contributed by atoms with Gasteiger partial charge in [0.05, 0.1) is 0 Å². The molecule has 3 heteroatoms. The Hall–Kier alpha value is -2.29. The van der Waals surface area contributed by atoms with Crippen LogP contribution in [0.2, 0.25) is 0 Å². The van der Waals surface area contributed by atoms with E-state index in [1.54, 1.807) is 0 Å². The number of amides is 2. The normalized spacial score (nSPS) is 11.0. The van der Waals surface area contributed by atoms with Crippen LogP contribution in [0, 0.1) is 0 Å². The number of urea groups is 1. The Morgan fingerprint density at radius 1 is 0.375 bits per heavy atom. The second-order valence-corrected chi connectivity index (χ2v) is 11.7. The summed E-state index contributed by atoms with van der Waals surface area (Å²) in [5, 5.41) is 6.05. The molecule has 0 saturated heterocycles. The highest BCUT2D eigenvalue weighted by Gasteiger charge is 2.00. The minimum Gasteiger partial charge on any atom is -0.338 e. The van der Waals surface area contributed by atoms with Crippen molar-refractivity contribution in [1.29, 1.82) is 0 Å². The molecule has 0 unspecified atom stereocenters. The summed E-state index contributed by atoms with van der Waals surface area (Å²) in [6, 6.07) is 21.7. The van der Waals surface area contributed by atoms with Gasteiger partial charge in [-0.15, -0.1) is 0 Å². The monoisotopic (exact) mass is 548 g/mol. The first-order valence-corrected chi connectivity index (χ1v) is 16.9. The van der Waals surface area contributed by atoms with Gasteiger partial charge in [-0.2, -0.15) is 0 Å². The molecule has 0 saturated carbocycles. The van der Waals surface area contributed by atoms with Crippen LogP contribution in [0.1, 0.15) is 140 Å². The third-order valence-electron chi connectivity index (χ3n) is 8.04. The topological polar surface area (TPSA) is 41.1 Å². The van der Waals surface area contributed by atoms with Crippen LogP contribution in [0.4, 0.5) is 4.79 Å². The fourth-order valence-corrected chi connectivity index (χ4v) is 5.49. The van der Waals surface area contributed by atoms with Gasteiger partial charge in [0.25, 0.3) is 0 Å². The number of rotatable bonds is 26. The molecule has 0 atom stereocenters. The first kappa shape index (κ1) is 33.9. The fourth-order valence-electron chi connectivity index (χ4n) is 5.49. The predicted molar refractivity (Wildman–Crippen MR) is 174 cm³/mol. The highest BCUT2D eigenvalue weighted by atomic mass is 16.2. The van der Waals surface area contributed by atoms with E-state index in [2.05, 4.69) is 71.3 Å². The molecule has 0 heterocycles. The Kier molecular flexibility index (Phi) is 21.8. The summed E-state index contributed by atoms with van der Waals surface area (Å²) in [6.45, 7) is 1.61. The number of carbonyl (C=O) groups is 1. The van der Waals surface area contributed by atoms with Gasteiger partial charge in [0.2, 0.25) is 0 Å². The average Bonchev–Trinajstić information content (AvgIpc) is 2.99. The smallest absolute Gasteiger partial charge is 0.314 e. The van der Waals surface area contributed by atoms with E-state index in [-0.39, 0.29) is 6.03 Å². The molecule has 2 rings (SSSR count). The molecule has 0 aliphatic heterocycles. The number of nitrogens with one attached hydrogen (secondary N) is 2. The van der Waals surface area contributed by atoms with Gasteiger partial charge in [-0.3, -0.25) is 0 Å². The summed E-state index contributed by atoms with van der Waals surface area (Å²) >= 11 is 0. The molecule has 2 amide bonds. The van der Waals surface area contributed by atoms with E-state index >= 15 is 0 Å². The third-order valence-corrected chi connectivity index (χ3v) is 8.04. The summed E-state index contributed by atoms with van der Waals surface area (Å²) < 4.78 is 0. The summed E-state index contributed by atoms with van der Waals surface area (Å²) in [6.07, 6.45) is 28.7. The molecule has 0 spiro atoms. The van der Waals surface area contributed by atoms with Gasteiger partial charge in [-0.1, -0.05) is 163 Å². The van der Waals surface area contributed by atoms with Gasteiger partial charge >= 0.3 is 6.03 Å². The van der Waals surface area contributed by atoms with E-state index in [4.69, 9.17) is 0 Å². The molecule has 0 aromatic heterocycles. The maximum atomic E-state index is 11.9. The van der Waals surface area contributed by atoms with E-state index in [0.717, 1.165) is 25.9 Å². The van der Waals surface area contributed by atoms with Crippen LogP contribution in [0.25, 0.3) is 0 Å². The Morgan fingerprint density at radius 3 is 0.975 bits per heavy atom. The van der Waals surface area contributed by atoms with Gasteiger partial charge in [0, 0.05) is 13.1 Å². The second kappa shape index (κ2) is 25.7. The summed E-state index contributed by atoms with van der Waals surface area (Å²) in [7, 11) is 0. The molecule has 0 bridgehead atoms. The zero-order valence-corrected chi connectivity index (χ0v) is 25.7. The van der Waals surface area contributed by atoms with Crippen LogP contribution >= 0.6 is 0 Å². The molecule has 224 valence electrons. The highest BCUT2D eigenvalue weighted by molar-refractivity contribution is 5.73. The highest BCUT2D eigenvalue weighted by Crippen LogP contribution is 2.13. The molecule has 2 aromatic rings. The number of hydrogen-bond acceptors (Lipinski definition) is 1. The Balaban J connectivity index is 1.20. The molecule has 40 heavy (non-hydrogen) atoms. The molecular formula is C37H60N2O. The van der Waals surface area contributed by atoms with Gasteiger partial charge in [-0.25, -0.2) is 4.79 Å². The van der Waals surface area contributed by atoms with E-state index in [0.29, 0.717) is 0 Å². The van der Waals surface area contributed by atoms with Gasteiger partial charge in [0.1, 0.15) is 0 Å². The van der Waals surface area contributed by atoms with Crippen LogP contribution in [0.3, 0.4) is 0 Å². The quantitative estimate of drug-likeness (QED) is 0.113. The summed E-state index contributed by atoms with van der Waals surface area (Å²) in [4.78, 5) is 11.9. The average molecular weight is 549 g/mol. The maximum absolute atomic E-state index is 11.9. The van der Waals surface area contributed by atoms with Crippen LogP contribution in [-0.2, 0) is 12.8 Å². The minimum atomic E-state index is 0.0135. The van der Waals surface area contributed by atoms with Crippen molar-refractivity contribution in [2.24, 2.45) is 0 Å². The summed E-state index contributed by atoms with van der Waals surface area (Å²) in [5.41, 5.74) is 2.95. The predicted octanol–water partition coefficient (Wildman–Crippen LogP) is 10.6. The molecule has 0 aliphatic carbocycles. The zero-order chi connectivity index (χ0) is 28.2. The van der Waals surface area contributed by atoms with Crippen LogP contribution in [-0.4, -0.2) is 19.1 Å². The number of aryl methyl sites for hydroxylation is 2. The zero-order valence-electron chi connectivity index (χ0n) is 25.7. The maximum Gasteiger partial charge on any atom is 0.314 e. The molecule has 2 aromatic carbocycles. The van der Waals surface area contributed by atoms with Crippen molar-refractivity contribution in [3.8, 4) is 0 Å². The number of unbranched alkanes of at least 4 members (excludes halogenated alkanes) is 18. The largest absolute Gasteiger partial charge is 0.338 e. The van der Waals surface area contributed by atoms with Crippen molar-refractivity contribution in [3.05, 3.63) is 71.8 Å². The lowest BCUT2D eigenvalue weighted by molar-refractivity contribution is 0.240. The minimum absolute atomic E-state index is 0.0135. The first-order chi connectivity index (χ1) is 19.8. The molecule has 2 N–H and O–H groups in total. The first-order valence-electron chi connectivity index (χ1n) is 16.9. The Bertz CT molecular complexity index is 740. The van der Waals surface area contributed by atoms with E-state index in [1.165, 1.54) is 140 Å². The number of carbonyl (C=O) groups excluding carboxylic acids is 1. The number of benzene rings is 2. The SMILES string of the molecule is O=C(NCCCCCCCCCCCCc1ccccc1)NCCCCCCCCCCCCc1ccccc1. The Morgan fingerprint density at radius 2 is 0.650 bits per heavy atom. The van der Waals surface area contributed by atoms with Gasteiger partial charge < -0.3 is 10.6 Å². The van der Waals surface area contributed by atoms with Crippen LogP contribution in [0.5, 0.6) is 0 Å². The summed E-state index contributed by atoms with van der Waals surface area (Å²) in [5.74, 6) is 0. The van der Waals surface area contributed by atoms with Crippen molar-refractivity contribution in [1.82, 2.24) is 10.6 Å². The van der Waals surface area contributed by atoms with E-state index in [9.17, 15) is 4.79 Å². The van der Waals surface area contributed by atoms with Crippen molar-refractivity contribution < 1.29 is 4.79 Å². The molecule has 0 radical (unpaired) electrons. The third kappa shape index (κ3) is 20.6. The standard InChI is InChI=1S/C37H60N2O/c40-37(38-33-25-15-11-7-3-1-5-9-13-19-27-35-29-21-17-22-30-35)39-34-26-16-12-8-4-2-6-10-14-20-28-36-31-23-18-24-32-36/h17-18,21-24,29-32H,1-16,19-20,25-28,33-34H2,(H2,38,39,40). The van der Waals surface area contributed by atoms with E-state index < -0.39 is 0 Å². The van der Waals surface area contributed by atoms with E-state index in [1.807, 2.05) is 0 Å².